The summed E-state index contributed by atoms with van der Waals surface area (Å²) in [5.74, 6) is -4.03. The zero-order chi connectivity index (χ0) is 22.9. The lowest BCUT2D eigenvalue weighted by Crippen LogP contribution is -2.43. The van der Waals surface area contributed by atoms with Crippen molar-refractivity contribution in [2.45, 2.75) is 39.0 Å². The van der Waals surface area contributed by atoms with E-state index in [2.05, 4.69) is 0 Å². The Bertz CT molecular complexity index is 1130. The molecule has 162 valence electrons. The van der Waals surface area contributed by atoms with Gasteiger partial charge in [0.15, 0.2) is 17.0 Å². The zero-order valence-electron chi connectivity index (χ0n) is 17.4. The van der Waals surface area contributed by atoms with Crippen LogP contribution in [0.2, 0.25) is 0 Å². The van der Waals surface area contributed by atoms with Crippen molar-refractivity contribution in [3.8, 4) is 11.5 Å². The highest BCUT2D eigenvalue weighted by Crippen LogP contribution is 2.48. The predicted octanol–water partition coefficient (Wildman–Crippen LogP) is 4.49. The summed E-state index contributed by atoms with van der Waals surface area (Å²) in [5.41, 5.74) is -0.434. The number of benzene rings is 2. The number of ether oxygens (including phenoxy) is 1. The SMILES string of the molecule is CCc1cc(C2(C(=O)O)CC(C(=O)O)=CC(C)=C2Oc2ccccc2F)c(O)cc1C. The molecule has 0 saturated heterocycles. The minimum atomic E-state index is -2.06. The summed E-state index contributed by atoms with van der Waals surface area (Å²) < 4.78 is 20.1. The number of carboxylic acid groups (broad SMARTS) is 2. The number of allylic oxidation sites excluding steroid dienone is 2. The number of phenolic OH excluding ortho intramolecular Hbond substituents is 1. The lowest BCUT2D eigenvalue weighted by molar-refractivity contribution is -0.143. The maximum Gasteiger partial charge on any atom is 0.331 e. The Morgan fingerprint density at radius 3 is 2.42 bits per heavy atom. The summed E-state index contributed by atoms with van der Waals surface area (Å²) in [7, 11) is 0. The highest BCUT2D eigenvalue weighted by molar-refractivity contribution is 5.94. The first-order valence-corrected chi connectivity index (χ1v) is 9.75. The second-order valence-corrected chi connectivity index (χ2v) is 7.56. The van der Waals surface area contributed by atoms with Crippen molar-refractivity contribution in [1.82, 2.24) is 0 Å². The fraction of sp³-hybridized carbons (Fsp3) is 0.250. The fourth-order valence-electron chi connectivity index (χ4n) is 3.99. The number of aliphatic carboxylic acids is 2. The number of halogens is 1. The van der Waals surface area contributed by atoms with Crippen molar-refractivity contribution < 1.29 is 34.0 Å². The van der Waals surface area contributed by atoms with Crippen LogP contribution in [0.25, 0.3) is 0 Å². The summed E-state index contributed by atoms with van der Waals surface area (Å²) in [6.45, 7) is 5.18. The van der Waals surface area contributed by atoms with Crippen LogP contribution in [0.1, 0.15) is 37.0 Å². The average Bonchev–Trinajstić information content (AvgIpc) is 2.70. The third kappa shape index (κ3) is 3.79. The molecule has 6 nitrogen and oxygen atoms in total. The highest BCUT2D eigenvalue weighted by Gasteiger charge is 2.52. The molecule has 0 spiro atoms. The van der Waals surface area contributed by atoms with E-state index in [0.29, 0.717) is 6.42 Å². The number of aromatic hydroxyl groups is 1. The molecule has 1 unspecified atom stereocenters. The van der Waals surface area contributed by atoms with Crippen LogP contribution in [0, 0.1) is 12.7 Å². The molecule has 2 aromatic rings. The predicted molar refractivity (Wildman–Crippen MR) is 112 cm³/mol. The quantitative estimate of drug-likeness (QED) is 0.629. The summed E-state index contributed by atoms with van der Waals surface area (Å²) in [6.07, 6.45) is 1.41. The highest BCUT2D eigenvalue weighted by atomic mass is 19.1. The minimum Gasteiger partial charge on any atom is -0.508 e. The minimum absolute atomic E-state index is 0.00000992. The van der Waals surface area contributed by atoms with Crippen LogP contribution in [-0.4, -0.2) is 27.3 Å². The molecule has 0 radical (unpaired) electrons. The molecule has 1 aliphatic rings. The van der Waals surface area contributed by atoms with E-state index in [0.717, 1.165) is 11.1 Å². The largest absolute Gasteiger partial charge is 0.508 e. The van der Waals surface area contributed by atoms with E-state index < -0.39 is 29.6 Å². The molecule has 1 aliphatic carbocycles. The Kier molecular flexibility index (Phi) is 5.88. The molecule has 0 aliphatic heterocycles. The number of para-hydroxylation sites is 1. The van der Waals surface area contributed by atoms with E-state index in [1.54, 1.807) is 13.0 Å². The van der Waals surface area contributed by atoms with Gasteiger partial charge in [-0.3, -0.25) is 4.79 Å². The van der Waals surface area contributed by atoms with Crippen LogP contribution in [0.4, 0.5) is 4.39 Å². The van der Waals surface area contributed by atoms with Crippen molar-refractivity contribution >= 4 is 11.9 Å². The summed E-state index contributed by atoms with van der Waals surface area (Å²) in [4.78, 5) is 24.5. The van der Waals surface area contributed by atoms with E-state index in [1.165, 1.54) is 43.3 Å². The van der Waals surface area contributed by atoms with E-state index in [-0.39, 0.29) is 34.0 Å². The van der Waals surface area contributed by atoms with E-state index in [9.17, 15) is 29.3 Å². The summed E-state index contributed by atoms with van der Waals surface area (Å²) >= 11 is 0. The molecule has 0 saturated carbocycles. The molecule has 1 atom stereocenters. The smallest absolute Gasteiger partial charge is 0.331 e. The maximum atomic E-state index is 14.3. The zero-order valence-corrected chi connectivity index (χ0v) is 17.4. The second kappa shape index (κ2) is 8.26. The molecule has 3 N–H and O–H groups in total. The van der Waals surface area contributed by atoms with Gasteiger partial charge in [0.2, 0.25) is 0 Å². The number of hydrogen-bond donors (Lipinski definition) is 3. The maximum absolute atomic E-state index is 14.3. The van der Waals surface area contributed by atoms with Gasteiger partial charge in [-0.05, 0) is 61.2 Å². The molecule has 0 fully saturated rings. The fourth-order valence-corrected chi connectivity index (χ4v) is 3.99. The van der Waals surface area contributed by atoms with Crippen LogP contribution in [0.15, 0.2) is 59.4 Å². The first-order valence-electron chi connectivity index (χ1n) is 9.75. The number of carbonyl (C=O) groups is 2. The van der Waals surface area contributed by atoms with E-state index >= 15 is 0 Å². The van der Waals surface area contributed by atoms with Crippen molar-refractivity contribution in [2.75, 3.05) is 0 Å². The third-order valence-electron chi connectivity index (χ3n) is 5.58. The number of phenols is 1. The number of aryl methyl sites for hydroxylation is 2. The van der Waals surface area contributed by atoms with Gasteiger partial charge in [-0.2, -0.15) is 0 Å². The van der Waals surface area contributed by atoms with Crippen molar-refractivity contribution in [2.24, 2.45) is 0 Å². The van der Waals surface area contributed by atoms with E-state index in [1.807, 2.05) is 6.92 Å². The number of carboxylic acids is 2. The van der Waals surface area contributed by atoms with Gasteiger partial charge in [0.1, 0.15) is 11.5 Å². The third-order valence-corrected chi connectivity index (χ3v) is 5.58. The Morgan fingerprint density at radius 2 is 1.84 bits per heavy atom. The molecule has 0 bridgehead atoms. The van der Waals surface area contributed by atoms with Gasteiger partial charge < -0.3 is 20.1 Å². The molecule has 0 aromatic heterocycles. The van der Waals surface area contributed by atoms with Crippen LogP contribution >= 0.6 is 0 Å². The first kappa shape index (κ1) is 22.1. The van der Waals surface area contributed by atoms with Crippen molar-refractivity contribution in [1.29, 1.82) is 0 Å². The monoisotopic (exact) mass is 426 g/mol. The molecule has 7 heteroatoms. The van der Waals surface area contributed by atoms with Gasteiger partial charge in [-0.1, -0.05) is 25.1 Å². The molecule has 31 heavy (non-hydrogen) atoms. The number of rotatable bonds is 6. The summed E-state index contributed by atoms with van der Waals surface area (Å²) in [6, 6.07) is 8.54. The van der Waals surface area contributed by atoms with Gasteiger partial charge in [0, 0.05) is 17.6 Å². The Morgan fingerprint density at radius 1 is 1.16 bits per heavy atom. The van der Waals surface area contributed by atoms with Crippen LogP contribution in [-0.2, 0) is 21.4 Å². The molecule has 2 aromatic carbocycles. The normalized spacial score (nSPS) is 18.5. The molecule has 3 rings (SSSR count). The van der Waals surface area contributed by atoms with Crippen molar-refractivity contribution in [3.05, 3.63) is 81.9 Å². The van der Waals surface area contributed by atoms with Crippen LogP contribution in [0.5, 0.6) is 11.5 Å². The average molecular weight is 426 g/mol. The Balaban J connectivity index is 2.35. The lowest BCUT2D eigenvalue weighted by Gasteiger charge is -2.36. The lowest BCUT2D eigenvalue weighted by atomic mass is 9.68. The Labute approximate surface area is 178 Å². The van der Waals surface area contributed by atoms with Gasteiger partial charge >= 0.3 is 11.9 Å². The number of hydrogen-bond acceptors (Lipinski definition) is 4. The molecular formula is C24H23FO6. The van der Waals surface area contributed by atoms with Gasteiger partial charge in [-0.15, -0.1) is 0 Å². The van der Waals surface area contributed by atoms with Crippen molar-refractivity contribution in [3.63, 3.8) is 0 Å². The standard InChI is InChI=1S/C24H23FO6/c1-4-15-11-17(19(26)10-13(15)2)24(23(29)30)12-16(22(27)28)9-14(3)21(24)31-20-8-6-5-7-18(20)25/h5-11,26H,4,12H2,1-3H3,(H,27,28)(H,29,30). The van der Waals surface area contributed by atoms with Gasteiger partial charge in [-0.25, -0.2) is 9.18 Å². The van der Waals surface area contributed by atoms with Gasteiger partial charge in [0.25, 0.3) is 0 Å². The first-order chi connectivity index (χ1) is 14.6. The molecule has 0 heterocycles. The van der Waals surface area contributed by atoms with Gasteiger partial charge in [0.05, 0.1) is 0 Å². The van der Waals surface area contributed by atoms with E-state index in [4.69, 9.17) is 4.74 Å². The second-order valence-electron chi connectivity index (χ2n) is 7.56. The van der Waals surface area contributed by atoms with Crippen LogP contribution in [0.3, 0.4) is 0 Å². The molecular weight excluding hydrogens is 403 g/mol. The van der Waals surface area contributed by atoms with Crippen LogP contribution < -0.4 is 4.74 Å². The summed E-state index contributed by atoms with van der Waals surface area (Å²) in [5, 5.41) is 30.7. The molecule has 0 amide bonds. The topological polar surface area (TPSA) is 104 Å². The Hall–Kier alpha value is -3.61.